The van der Waals surface area contributed by atoms with E-state index in [2.05, 4.69) is 9.97 Å². The highest BCUT2D eigenvalue weighted by Gasteiger charge is 2.21. The van der Waals surface area contributed by atoms with Crippen molar-refractivity contribution in [1.29, 1.82) is 0 Å². The van der Waals surface area contributed by atoms with Gasteiger partial charge in [0.2, 0.25) is 5.28 Å². The van der Waals surface area contributed by atoms with E-state index in [1.165, 1.54) is 0 Å². The van der Waals surface area contributed by atoms with Crippen LogP contribution in [0.3, 0.4) is 0 Å². The van der Waals surface area contributed by atoms with E-state index in [1.54, 1.807) is 0 Å². The van der Waals surface area contributed by atoms with Crippen LogP contribution in [0.1, 0.15) is 6.92 Å². The van der Waals surface area contributed by atoms with Gasteiger partial charge in [-0.3, -0.25) is 0 Å². The third-order valence-corrected chi connectivity index (χ3v) is 2.42. The Hall–Kier alpha value is -0.940. The molecule has 0 bridgehead atoms. The second kappa shape index (κ2) is 4.28. The first kappa shape index (κ1) is 10.6. The second-order valence-electron chi connectivity index (χ2n) is 3.44. The Kier molecular flexibility index (Phi) is 3.02. The Morgan fingerprint density at radius 3 is 3.20 bits per heavy atom. The van der Waals surface area contributed by atoms with E-state index >= 15 is 0 Å². The third-order valence-electron chi connectivity index (χ3n) is 2.24. The van der Waals surface area contributed by atoms with E-state index in [0.717, 1.165) is 6.20 Å². The fourth-order valence-electron chi connectivity index (χ4n) is 1.57. The first-order valence-corrected chi connectivity index (χ1v) is 5.09. The lowest BCUT2D eigenvalue weighted by Gasteiger charge is -2.31. The van der Waals surface area contributed by atoms with Crippen LogP contribution in [-0.2, 0) is 4.74 Å². The topological polar surface area (TPSA) is 38.2 Å². The summed E-state index contributed by atoms with van der Waals surface area (Å²) in [6, 6.07) is 0. The average Bonchev–Trinajstić information content (AvgIpc) is 2.22. The van der Waals surface area contributed by atoms with Gasteiger partial charge in [0.25, 0.3) is 0 Å². The molecule has 1 atom stereocenters. The number of aromatic nitrogens is 2. The molecule has 82 valence electrons. The number of nitrogens with zero attached hydrogens (tertiary/aromatic N) is 3. The molecule has 1 aliphatic rings. The molecule has 0 N–H and O–H groups in total. The van der Waals surface area contributed by atoms with Crippen LogP contribution in [0.4, 0.5) is 10.2 Å². The van der Waals surface area contributed by atoms with Crippen molar-refractivity contribution in [1.82, 2.24) is 9.97 Å². The van der Waals surface area contributed by atoms with Crippen LogP contribution in [0.2, 0.25) is 5.28 Å². The van der Waals surface area contributed by atoms with E-state index in [9.17, 15) is 4.39 Å². The zero-order valence-corrected chi connectivity index (χ0v) is 9.04. The van der Waals surface area contributed by atoms with Crippen molar-refractivity contribution in [2.45, 2.75) is 13.0 Å². The van der Waals surface area contributed by atoms with Crippen LogP contribution in [-0.4, -0.2) is 35.8 Å². The summed E-state index contributed by atoms with van der Waals surface area (Å²) < 4.78 is 18.8. The van der Waals surface area contributed by atoms with Crippen molar-refractivity contribution >= 4 is 17.4 Å². The summed E-state index contributed by atoms with van der Waals surface area (Å²) >= 11 is 5.63. The largest absolute Gasteiger partial charge is 0.375 e. The Morgan fingerprint density at radius 2 is 2.47 bits per heavy atom. The first-order chi connectivity index (χ1) is 7.16. The standard InChI is InChI=1S/C9H11ClFN3O/c1-6-5-14(2-3-15-6)8-7(11)4-12-9(10)13-8/h4,6H,2-3,5H2,1H3/t6-/m1/s1. The van der Waals surface area contributed by atoms with Crippen molar-refractivity contribution < 1.29 is 9.13 Å². The van der Waals surface area contributed by atoms with Crippen molar-refractivity contribution in [3.8, 4) is 0 Å². The molecule has 0 radical (unpaired) electrons. The highest BCUT2D eigenvalue weighted by atomic mass is 35.5. The molecule has 0 aliphatic carbocycles. The predicted octanol–water partition coefficient (Wildman–Crippen LogP) is 1.49. The summed E-state index contributed by atoms with van der Waals surface area (Å²) in [4.78, 5) is 9.27. The van der Waals surface area contributed by atoms with E-state index in [-0.39, 0.29) is 17.2 Å². The van der Waals surface area contributed by atoms with E-state index in [4.69, 9.17) is 16.3 Å². The van der Waals surface area contributed by atoms with E-state index in [1.807, 2.05) is 11.8 Å². The summed E-state index contributed by atoms with van der Waals surface area (Å²) in [5, 5.41) is 0.0607. The van der Waals surface area contributed by atoms with Gasteiger partial charge in [-0.2, -0.15) is 4.98 Å². The number of morpholine rings is 1. The molecule has 1 aliphatic heterocycles. The minimum atomic E-state index is -0.450. The summed E-state index contributed by atoms with van der Waals surface area (Å²) in [6.45, 7) is 3.74. The molecule has 15 heavy (non-hydrogen) atoms. The van der Waals surface area contributed by atoms with Gasteiger partial charge in [-0.25, -0.2) is 9.37 Å². The highest BCUT2D eigenvalue weighted by molar-refractivity contribution is 6.28. The van der Waals surface area contributed by atoms with Crippen LogP contribution in [0.5, 0.6) is 0 Å². The lowest BCUT2D eigenvalue weighted by molar-refractivity contribution is 0.0527. The SMILES string of the molecule is C[C@@H]1CN(c2nc(Cl)ncc2F)CCO1. The average molecular weight is 232 g/mol. The van der Waals surface area contributed by atoms with Crippen LogP contribution >= 0.6 is 11.6 Å². The molecule has 4 nitrogen and oxygen atoms in total. The Bertz CT molecular complexity index is 363. The minimum absolute atomic E-state index is 0.0607. The van der Waals surface area contributed by atoms with Crippen molar-refractivity contribution in [3.63, 3.8) is 0 Å². The summed E-state index contributed by atoms with van der Waals surface area (Å²) in [5.41, 5.74) is 0. The van der Waals surface area contributed by atoms with Crippen molar-refractivity contribution in [2.24, 2.45) is 0 Å². The molecular weight excluding hydrogens is 221 g/mol. The molecule has 1 saturated heterocycles. The third kappa shape index (κ3) is 2.35. The lowest BCUT2D eigenvalue weighted by Crippen LogP contribution is -2.42. The molecule has 1 aromatic heterocycles. The number of anilines is 1. The van der Waals surface area contributed by atoms with Gasteiger partial charge in [0.1, 0.15) is 0 Å². The Morgan fingerprint density at radius 1 is 1.67 bits per heavy atom. The van der Waals surface area contributed by atoms with Gasteiger partial charge in [-0.15, -0.1) is 0 Å². The number of halogens is 2. The summed E-state index contributed by atoms with van der Waals surface area (Å²) in [5.74, 6) is -0.196. The summed E-state index contributed by atoms with van der Waals surface area (Å²) in [6.07, 6.45) is 1.16. The summed E-state index contributed by atoms with van der Waals surface area (Å²) in [7, 11) is 0. The molecule has 1 aromatic rings. The van der Waals surface area contributed by atoms with Gasteiger partial charge in [-0.1, -0.05) is 0 Å². The van der Waals surface area contributed by atoms with Crippen molar-refractivity contribution in [3.05, 3.63) is 17.3 Å². The Balaban J connectivity index is 2.24. The molecule has 0 spiro atoms. The second-order valence-corrected chi connectivity index (χ2v) is 3.78. The molecule has 0 aromatic carbocycles. The normalized spacial score (nSPS) is 21.8. The molecule has 0 amide bonds. The first-order valence-electron chi connectivity index (χ1n) is 4.71. The number of ether oxygens (including phenoxy) is 1. The van der Waals surface area contributed by atoms with Gasteiger partial charge in [-0.05, 0) is 18.5 Å². The molecule has 6 heteroatoms. The van der Waals surface area contributed by atoms with Gasteiger partial charge in [0, 0.05) is 13.1 Å². The molecule has 1 fully saturated rings. The lowest BCUT2D eigenvalue weighted by atomic mass is 10.3. The number of hydrogen-bond donors (Lipinski definition) is 0. The van der Waals surface area contributed by atoms with E-state index in [0.29, 0.717) is 19.7 Å². The van der Waals surface area contributed by atoms with Gasteiger partial charge >= 0.3 is 0 Å². The zero-order valence-electron chi connectivity index (χ0n) is 8.28. The predicted molar refractivity (Wildman–Crippen MR) is 54.6 cm³/mol. The van der Waals surface area contributed by atoms with Gasteiger partial charge in [0.05, 0.1) is 18.9 Å². The van der Waals surface area contributed by atoms with Gasteiger partial charge in [0.15, 0.2) is 11.6 Å². The van der Waals surface area contributed by atoms with Crippen molar-refractivity contribution in [2.75, 3.05) is 24.6 Å². The quantitative estimate of drug-likeness (QED) is 0.687. The van der Waals surface area contributed by atoms with E-state index < -0.39 is 5.82 Å². The maximum Gasteiger partial charge on any atom is 0.224 e. The number of rotatable bonds is 1. The zero-order chi connectivity index (χ0) is 10.8. The fraction of sp³-hybridized carbons (Fsp3) is 0.556. The van der Waals surface area contributed by atoms with Crippen LogP contribution in [0.15, 0.2) is 6.20 Å². The molecular formula is C9H11ClFN3O. The van der Waals surface area contributed by atoms with Gasteiger partial charge < -0.3 is 9.64 Å². The fourth-order valence-corrected chi connectivity index (χ4v) is 1.70. The highest BCUT2D eigenvalue weighted by Crippen LogP contribution is 2.19. The maximum atomic E-state index is 13.4. The van der Waals surface area contributed by atoms with Crippen LogP contribution in [0.25, 0.3) is 0 Å². The van der Waals surface area contributed by atoms with Crippen LogP contribution < -0.4 is 4.90 Å². The smallest absolute Gasteiger partial charge is 0.224 e. The minimum Gasteiger partial charge on any atom is -0.375 e. The molecule has 0 saturated carbocycles. The Labute approximate surface area is 92.0 Å². The molecule has 0 unspecified atom stereocenters. The monoisotopic (exact) mass is 231 g/mol. The van der Waals surface area contributed by atoms with Crippen LogP contribution in [0, 0.1) is 5.82 Å². The molecule has 2 heterocycles. The molecule has 2 rings (SSSR count). The number of hydrogen-bond acceptors (Lipinski definition) is 4. The maximum absolute atomic E-state index is 13.4.